The molecule has 0 saturated carbocycles. The van der Waals surface area contributed by atoms with Gasteiger partial charge in [-0.15, -0.1) is 0 Å². The molecule has 0 bridgehead atoms. The Hall–Kier alpha value is -1.21. The average Bonchev–Trinajstić information content (AvgIpc) is 2.27. The van der Waals surface area contributed by atoms with Gasteiger partial charge < -0.3 is 4.74 Å². The third-order valence-electron chi connectivity index (χ3n) is 2.23. The van der Waals surface area contributed by atoms with Gasteiger partial charge in [0.05, 0.1) is 19.2 Å². The zero-order valence-corrected chi connectivity index (χ0v) is 9.52. The van der Waals surface area contributed by atoms with Crippen molar-refractivity contribution < 1.29 is 26.7 Å². The number of nitrogens with one attached hydrogen (secondary N) is 1. The first-order chi connectivity index (χ1) is 8.33. The van der Waals surface area contributed by atoms with Gasteiger partial charge in [-0.1, -0.05) is 6.07 Å². The molecule has 1 N–H and O–H groups in total. The Morgan fingerprint density at radius 1 is 1.22 bits per heavy atom. The summed E-state index contributed by atoms with van der Waals surface area (Å²) in [4.78, 5) is 0. The molecule has 18 heavy (non-hydrogen) atoms. The smallest absolute Gasteiger partial charge is 0.383 e. The lowest BCUT2D eigenvalue weighted by molar-refractivity contribution is -0.127. The number of hydrogen-bond donors (Lipinski definition) is 1. The minimum atomic E-state index is -4.38. The van der Waals surface area contributed by atoms with E-state index in [0.717, 1.165) is 12.1 Å². The minimum Gasteiger partial charge on any atom is -0.383 e. The average molecular weight is 269 g/mol. The summed E-state index contributed by atoms with van der Waals surface area (Å²) < 4.78 is 66.7. The molecule has 1 atom stereocenters. The lowest BCUT2D eigenvalue weighted by atomic mass is 10.1. The van der Waals surface area contributed by atoms with Gasteiger partial charge in [0, 0.05) is 7.11 Å². The SMILES string of the molecule is COCC(NCC(F)(F)F)c1ccc(F)c(F)c1. The maximum atomic E-state index is 13.0. The van der Waals surface area contributed by atoms with E-state index >= 15 is 0 Å². The van der Waals surface area contributed by atoms with Crippen LogP contribution in [0.4, 0.5) is 22.0 Å². The van der Waals surface area contributed by atoms with Crippen LogP contribution in [0, 0.1) is 11.6 Å². The zero-order chi connectivity index (χ0) is 13.8. The third-order valence-corrected chi connectivity index (χ3v) is 2.23. The fourth-order valence-electron chi connectivity index (χ4n) is 1.41. The van der Waals surface area contributed by atoms with Crippen LogP contribution in [0.25, 0.3) is 0 Å². The standard InChI is InChI=1S/C11H12F5NO/c1-18-5-10(17-6-11(14,15)16)7-2-3-8(12)9(13)4-7/h2-4,10,17H,5-6H2,1H3. The van der Waals surface area contributed by atoms with Gasteiger partial charge in [0.15, 0.2) is 11.6 Å². The normalized spacial score (nSPS) is 13.7. The van der Waals surface area contributed by atoms with Crippen LogP contribution in [-0.4, -0.2) is 26.4 Å². The van der Waals surface area contributed by atoms with Gasteiger partial charge in [-0.25, -0.2) is 8.78 Å². The molecule has 0 aliphatic rings. The van der Waals surface area contributed by atoms with Gasteiger partial charge in [-0.05, 0) is 17.7 Å². The molecule has 0 aliphatic heterocycles. The second kappa shape index (κ2) is 6.10. The van der Waals surface area contributed by atoms with E-state index in [4.69, 9.17) is 4.74 Å². The lowest BCUT2D eigenvalue weighted by Crippen LogP contribution is -2.34. The number of methoxy groups -OCH3 is 1. The van der Waals surface area contributed by atoms with E-state index in [0.29, 0.717) is 0 Å². The molecule has 0 amide bonds. The topological polar surface area (TPSA) is 21.3 Å². The Labute approximate surface area is 101 Å². The molecular weight excluding hydrogens is 257 g/mol. The van der Waals surface area contributed by atoms with Crippen LogP contribution in [0.3, 0.4) is 0 Å². The Morgan fingerprint density at radius 2 is 1.89 bits per heavy atom. The van der Waals surface area contributed by atoms with Crippen molar-refractivity contribution in [2.45, 2.75) is 12.2 Å². The van der Waals surface area contributed by atoms with Crippen molar-refractivity contribution in [1.82, 2.24) is 5.32 Å². The highest BCUT2D eigenvalue weighted by Crippen LogP contribution is 2.19. The molecule has 2 nitrogen and oxygen atoms in total. The van der Waals surface area contributed by atoms with Crippen molar-refractivity contribution in [1.29, 1.82) is 0 Å². The fourth-order valence-corrected chi connectivity index (χ4v) is 1.41. The Kier molecular flexibility index (Phi) is 5.03. The molecule has 0 saturated heterocycles. The monoisotopic (exact) mass is 269 g/mol. The van der Waals surface area contributed by atoms with Gasteiger partial charge in [-0.2, -0.15) is 13.2 Å². The predicted octanol–water partition coefficient (Wildman–Crippen LogP) is 2.80. The van der Waals surface area contributed by atoms with E-state index in [1.54, 1.807) is 0 Å². The Morgan fingerprint density at radius 3 is 2.39 bits per heavy atom. The van der Waals surface area contributed by atoms with Crippen molar-refractivity contribution in [3.8, 4) is 0 Å². The second-order valence-corrected chi connectivity index (χ2v) is 3.68. The second-order valence-electron chi connectivity index (χ2n) is 3.68. The van der Waals surface area contributed by atoms with Gasteiger partial charge in [0.25, 0.3) is 0 Å². The molecule has 0 fully saturated rings. The molecule has 0 radical (unpaired) electrons. The molecule has 0 aromatic heterocycles. The van der Waals surface area contributed by atoms with E-state index in [1.165, 1.54) is 13.2 Å². The molecule has 0 aliphatic carbocycles. The number of rotatable bonds is 5. The quantitative estimate of drug-likeness (QED) is 0.830. The summed E-state index contributed by atoms with van der Waals surface area (Å²) in [5, 5.41) is 2.18. The van der Waals surface area contributed by atoms with E-state index < -0.39 is 30.4 Å². The molecular formula is C11H12F5NO. The van der Waals surface area contributed by atoms with E-state index in [-0.39, 0.29) is 12.2 Å². The summed E-state index contributed by atoms with van der Waals surface area (Å²) in [6, 6.07) is 2.07. The van der Waals surface area contributed by atoms with Crippen molar-refractivity contribution in [3.63, 3.8) is 0 Å². The maximum absolute atomic E-state index is 13.0. The summed E-state index contributed by atoms with van der Waals surface area (Å²) in [7, 11) is 1.31. The summed E-state index contributed by atoms with van der Waals surface area (Å²) in [5.74, 6) is -2.16. The Balaban J connectivity index is 2.80. The van der Waals surface area contributed by atoms with Crippen LogP contribution in [0.5, 0.6) is 0 Å². The first kappa shape index (κ1) is 14.8. The molecule has 0 heterocycles. The number of benzene rings is 1. The van der Waals surface area contributed by atoms with Crippen LogP contribution in [0.15, 0.2) is 18.2 Å². The van der Waals surface area contributed by atoms with Gasteiger partial charge >= 0.3 is 6.18 Å². The summed E-state index contributed by atoms with van der Waals surface area (Å²) in [6.07, 6.45) is -4.38. The Bertz CT molecular complexity index is 394. The van der Waals surface area contributed by atoms with Crippen LogP contribution >= 0.6 is 0 Å². The fraction of sp³-hybridized carbons (Fsp3) is 0.455. The van der Waals surface area contributed by atoms with E-state index in [1.807, 2.05) is 0 Å². The van der Waals surface area contributed by atoms with Gasteiger partial charge in [0.1, 0.15) is 0 Å². The van der Waals surface area contributed by atoms with E-state index in [9.17, 15) is 22.0 Å². The number of ether oxygens (including phenoxy) is 1. The lowest BCUT2D eigenvalue weighted by Gasteiger charge is -2.19. The molecule has 1 aromatic rings. The third kappa shape index (κ3) is 4.58. The van der Waals surface area contributed by atoms with E-state index in [2.05, 4.69) is 5.32 Å². The summed E-state index contributed by atoms with van der Waals surface area (Å²) in [5.41, 5.74) is 0.194. The highest BCUT2D eigenvalue weighted by atomic mass is 19.4. The largest absolute Gasteiger partial charge is 0.401 e. The van der Waals surface area contributed by atoms with Gasteiger partial charge in [0.2, 0.25) is 0 Å². The van der Waals surface area contributed by atoms with Crippen LogP contribution < -0.4 is 5.32 Å². The molecule has 0 spiro atoms. The highest BCUT2D eigenvalue weighted by molar-refractivity contribution is 5.21. The van der Waals surface area contributed by atoms with Crippen LogP contribution in [0.2, 0.25) is 0 Å². The number of halogens is 5. The van der Waals surface area contributed by atoms with Crippen molar-refractivity contribution >= 4 is 0 Å². The van der Waals surface area contributed by atoms with Crippen molar-refractivity contribution in [2.24, 2.45) is 0 Å². The highest BCUT2D eigenvalue weighted by Gasteiger charge is 2.28. The van der Waals surface area contributed by atoms with Crippen molar-refractivity contribution in [2.75, 3.05) is 20.3 Å². The molecule has 102 valence electrons. The molecule has 1 aromatic carbocycles. The molecule has 1 unspecified atom stereocenters. The van der Waals surface area contributed by atoms with Crippen molar-refractivity contribution in [3.05, 3.63) is 35.4 Å². The predicted molar refractivity (Wildman–Crippen MR) is 55.0 cm³/mol. The van der Waals surface area contributed by atoms with Gasteiger partial charge in [-0.3, -0.25) is 5.32 Å². The maximum Gasteiger partial charge on any atom is 0.401 e. The molecule has 7 heteroatoms. The first-order valence-corrected chi connectivity index (χ1v) is 5.07. The minimum absolute atomic E-state index is 0.0822. The first-order valence-electron chi connectivity index (χ1n) is 5.07. The summed E-state index contributed by atoms with van der Waals surface area (Å²) in [6.45, 7) is -1.32. The number of hydrogen-bond acceptors (Lipinski definition) is 2. The van der Waals surface area contributed by atoms with Crippen LogP contribution in [-0.2, 0) is 4.74 Å². The molecule has 1 rings (SSSR count). The summed E-state index contributed by atoms with van der Waals surface area (Å²) >= 11 is 0. The zero-order valence-electron chi connectivity index (χ0n) is 9.52. The van der Waals surface area contributed by atoms with Crippen LogP contribution in [0.1, 0.15) is 11.6 Å². The number of alkyl halides is 3.